The van der Waals surface area contributed by atoms with Gasteiger partial charge in [-0.1, -0.05) is 30.3 Å². The van der Waals surface area contributed by atoms with Crippen LogP contribution in [-0.4, -0.2) is 39.5 Å². The molecule has 0 bridgehead atoms. The maximum atomic E-state index is 13.4. The van der Waals surface area contributed by atoms with Crippen LogP contribution in [0, 0.1) is 5.82 Å². The van der Waals surface area contributed by atoms with Gasteiger partial charge in [0, 0.05) is 12.1 Å². The predicted molar refractivity (Wildman–Crippen MR) is 127 cm³/mol. The second-order valence-electron chi connectivity index (χ2n) is 9.08. The zero-order valence-electron chi connectivity index (χ0n) is 18.9. The monoisotopic (exact) mass is 515 g/mol. The quantitative estimate of drug-likeness (QED) is 0.420. The molecule has 1 aliphatic rings. The van der Waals surface area contributed by atoms with Gasteiger partial charge in [0.25, 0.3) is 0 Å². The molecule has 2 heterocycles. The van der Waals surface area contributed by atoms with Crippen molar-refractivity contribution in [2.75, 3.05) is 13.2 Å². The van der Waals surface area contributed by atoms with E-state index in [0.29, 0.717) is 32.0 Å². The molecule has 1 aromatic heterocycles. The topological polar surface area (TPSA) is 56.6 Å². The van der Waals surface area contributed by atoms with Crippen LogP contribution in [0.2, 0.25) is 0 Å². The third kappa shape index (κ3) is 5.62. The molecule has 6 nitrogen and oxygen atoms in total. The Labute approximate surface area is 201 Å². The Hall–Kier alpha value is -2.71. The maximum absolute atomic E-state index is 13.4. The first-order chi connectivity index (χ1) is 15.7. The summed E-state index contributed by atoms with van der Waals surface area (Å²) in [6.45, 7) is 7.14. The number of aromatic nitrogens is 2. The van der Waals surface area contributed by atoms with Crippen LogP contribution in [0.4, 0.5) is 9.18 Å². The molecule has 3 aromatic rings. The zero-order chi connectivity index (χ0) is 23.6. The van der Waals surface area contributed by atoms with Gasteiger partial charge in [-0.25, -0.2) is 9.18 Å². The fourth-order valence-corrected chi connectivity index (χ4v) is 4.35. The first-order valence-electron chi connectivity index (χ1n) is 10.8. The number of carbonyl (C=O) groups is 1. The van der Waals surface area contributed by atoms with Gasteiger partial charge in [-0.2, -0.15) is 5.10 Å². The molecule has 2 aromatic carbocycles. The number of ether oxygens (including phenoxy) is 2. The van der Waals surface area contributed by atoms with E-state index in [1.165, 1.54) is 12.1 Å². The number of rotatable bonds is 5. The minimum absolute atomic E-state index is 0.199. The molecule has 8 heteroatoms. The molecular weight excluding hydrogens is 489 g/mol. The number of hydrogen-bond donors (Lipinski definition) is 0. The minimum Gasteiger partial charge on any atom is -0.444 e. The van der Waals surface area contributed by atoms with Gasteiger partial charge in [0.05, 0.1) is 36.0 Å². The van der Waals surface area contributed by atoms with Gasteiger partial charge in [-0.3, -0.25) is 4.68 Å². The van der Waals surface area contributed by atoms with Crippen LogP contribution >= 0.6 is 15.9 Å². The van der Waals surface area contributed by atoms with Gasteiger partial charge in [-0.15, -0.1) is 0 Å². The summed E-state index contributed by atoms with van der Waals surface area (Å²) in [4.78, 5) is 14.5. The average Bonchev–Trinajstić information content (AvgIpc) is 3.10. The van der Waals surface area contributed by atoms with Crippen molar-refractivity contribution in [2.45, 2.75) is 45.6 Å². The fourth-order valence-electron chi connectivity index (χ4n) is 3.74. The molecule has 1 aliphatic heterocycles. The van der Waals surface area contributed by atoms with Gasteiger partial charge >= 0.3 is 6.09 Å². The van der Waals surface area contributed by atoms with E-state index in [1.807, 2.05) is 55.8 Å². The van der Waals surface area contributed by atoms with Crippen molar-refractivity contribution in [2.24, 2.45) is 0 Å². The maximum Gasteiger partial charge on any atom is 0.410 e. The summed E-state index contributed by atoms with van der Waals surface area (Å²) in [6.07, 6.45) is -0.377. The standard InChI is InChI=1S/C25H27BrFN3O3/c1-25(2,3)33-24(31)29-13-20(16-32-15-17-7-5-4-6-8-17)30-21(14-29)22(26)23(28-30)18-9-11-19(27)12-10-18/h4-12,20H,13-16H2,1-3H3/t20-/m1/s1. The first kappa shape index (κ1) is 23.4. The van der Waals surface area contributed by atoms with Crippen LogP contribution < -0.4 is 0 Å². The van der Waals surface area contributed by atoms with Gasteiger partial charge in [0.2, 0.25) is 0 Å². The Kier molecular flexibility index (Phi) is 6.86. The molecule has 174 valence electrons. The van der Waals surface area contributed by atoms with Crippen molar-refractivity contribution in [3.05, 3.63) is 76.1 Å². The summed E-state index contributed by atoms with van der Waals surface area (Å²) in [5, 5.41) is 4.81. The van der Waals surface area contributed by atoms with Crippen LogP contribution in [-0.2, 0) is 22.6 Å². The van der Waals surface area contributed by atoms with Gasteiger partial charge in [0.15, 0.2) is 0 Å². The van der Waals surface area contributed by atoms with Crippen LogP contribution in [0.5, 0.6) is 0 Å². The van der Waals surface area contributed by atoms with E-state index in [0.717, 1.165) is 21.3 Å². The van der Waals surface area contributed by atoms with E-state index in [-0.39, 0.29) is 18.0 Å². The van der Waals surface area contributed by atoms with Crippen LogP contribution in [0.3, 0.4) is 0 Å². The Morgan fingerprint density at radius 2 is 1.85 bits per heavy atom. The van der Waals surface area contributed by atoms with Gasteiger partial charge < -0.3 is 14.4 Å². The lowest BCUT2D eigenvalue weighted by atomic mass is 10.1. The molecule has 0 saturated carbocycles. The average molecular weight is 516 g/mol. The highest BCUT2D eigenvalue weighted by Crippen LogP contribution is 2.36. The first-order valence-corrected chi connectivity index (χ1v) is 11.6. The van der Waals surface area contributed by atoms with E-state index in [1.54, 1.807) is 17.0 Å². The molecule has 1 atom stereocenters. The molecule has 0 spiro atoms. The Morgan fingerprint density at radius 3 is 2.52 bits per heavy atom. The number of halogens is 2. The van der Waals surface area contributed by atoms with E-state index in [9.17, 15) is 9.18 Å². The Bertz CT molecular complexity index is 1110. The summed E-state index contributed by atoms with van der Waals surface area (Å²) >= 11 is 3.67. The van der Waals surface area contributed by atoms with Crippen molar-refractivity contribution in [3.63, 3.8) is 0 Å². The second-order valence-corrected chi connectivity index (χ2v) is 9.87. The number of hydrogen-bond acceptors (Lipinski definition) is 4. The van der Waals surface area contributed by atoms with E-state index in [2.05, 4.69) is 15.9 Å². The molecule has 0 unspecified atom stereocenters. The number of carbonyl (C=O) groups excluding carboxylic acids is 1. The van der Waals surface area contributed by atoms with Crippen molar-refractivity contribution in [1.82, 2.24) is 14.7 Å². The zero-order valence-corrected chi connectivity index (χ0v) is 20.5. The lowest BCUT2D eigenvalue weighted by Gasteiger charge is -2.35. The second kappa shape index (κ2) is 9.65. The minimum atomic E-state index is -0.593. The third-order valence-corrected chi connectivity index (χ3v) is 6.09. The van der Waals surface area contributed by atoms with E-state index >= 15 is 0 Å². The highest BCUT2D eigenvalue weighted by molar-refractivity contribution is 9.10. The highest BCUT2D eigenvalue weighted by Gasteiger charge is 2.34. The molecule has 0 fully saturated rings. The molecular formula is C25H27BrFN3O3. The predicted octanol–water partition coefficient (Wildman–Crippen LogP) is 5.96. The van der Waals surface area contributed by atoms with Gasteiger partial charge in [-0.05, 0) is 66.5 Å². The molecule has 0 radical (unpaired) electrons. The number of benzene rings is 2. The summed E-state index contributed by atoms with van der Waals surface area (Å²) in [6, 6.07) is 15.9. The Morgan fingerprint density at radius 1 is 1.15 bits per heavy atom. The molecule has 4 rings (SSSR count). The van der Waals surface area contributed by atoms with E-state index < -0.39 is 5.60 Å². The molecule has 0 aliphatic carbocycles. The number of fused-ring (bicyclic) bond motifs is 1. The molecule has 0 saturated heterocycles. The lowest BCUT2D eigenvalue weighted by molar-refractivity contribution is 0.00651. The SMILES string of the molecule is CC(C)(C)OC(=O)N1Cc2c(Br)c(-c3ccc(F)cc3)nn2[C@@H](COCc2ccccc2)C1. The summed E-state index contributed by atoms with van der Waals surface area (Å²) in [5.74, 6) is -0.304. The molecule has 33 heavy (non-hydrogen) atoms. The summed E-state index contributed by atoms with van der Waals surface area (Å²) in [7, 11) is 0. The van der Waals surface area contributed by atoms with Crippen molar-refractivity contribution in [1.29, 1.82) is 0 Å². The van der Waals surface area contributed by atoms with Crippen molar-refractivity contribution in [3.8, 4) is 11.3 Å². The van der Waals surface area contributed by atoms with Crippen molar-refractivity contribution >= 4 is 22.0 Å². The highest BCUT2D eigenvalue weighted by atomic mass is 79.9. The van der Waals surface area contributed by atoms with Crippen LogP contribution in [0.1, 0.15) is 38.1 Å². The summed E-state index contributed by atoms with van der Waals surface area (Å²) < 4.78 is 27.7. The summed E-state index contributed by atoms with van der Waals surface area (Å²) in [5.41, 5.74) is 2.82. The largest absolute Gasteiger partial charge is 0.444 e. The number of nitrogens with zero attached hydrogens (tertiary/aromatic N) is 3. The Balaban J connectivity index is 1.61. The molecule has 0 N–H and O–H groups in total. The molecule has 1 amide bonds. The van der Waals surface area contributed by atoms with Gasteiger partial charge in [0.1, 0.15) is 17.1 Å². The van der Waals surface area contributed by atoms with Crippen molar-refractivity contribution < 1.29 is 18.7 Å². The smallest absolute Gasteiger partial charge is 0.410 e. The number of amides is 1. The fraction of sp³-hybridized carbons (Fsp3) is 0.360. The van der Waals surface area contributed by atoms with Crippen LogP contribution in [0.25, 0.3) is 11.3 Å². The normalized spacial score (nSPS) is 15.9. The van der Waals surface area contributed by atoms with E-state index in [4.69, 9.17) is 14.6 Å². The lowest BCUT2D eigenvalue weighted by Crippen LogP contribution is -2.45. The third-order valence-electron chi connectivity index (χ3n) is 5.25. The van der Waals surface area contributed by atoms with Crippen LogP contribution in [0.15, 0.2) is 59.1 Å².